The highest BCUT2D eigenvalue weighted by Crippen LogP contribution is 2.16. The molecule has 5 nitrogen and oxygen atoms in total. The largest absolute Gasteiger partial charge is 0.378 e. The van der Waals surface area contributed by atoms with Crippen LogP contribution in [0.15, 0.2) is 53.4 Å². The van der Waals surface area contributed by atoms with Crippen molar-refractivity contribution in [3.63, 3.8) is 0 Å². The number of hydrogen-bond donors (Lipinski definition) is 1. The Hall–Kier alpha value is -2.18. The zero-order chi connectivity index (χ0) is 17.0. The lowest BCUT2D eigenvalue weighted by atomic mass is 10.1. The van der Waals surface area contributed by atoms with Crippen LogP contribution in [0.25, 0.3) is 0 Å². The molecular formula is C17H20N2O3S. The number of anilines is 1. The van der Waals surface area contributed by atoms with E-state index in [1.54, 1.807) is 12.1 Å². The molecule has 0 heterocycles. The van der Waals surface area contributed by atoms with Crippen LogP contribution < -0.4 is 5.32 Å². The van der Waals surface area contributed by atoms with E-state index in [2.05, 4.69) is 5.32 Å². The molecule has 0 saturated heterocycles. The lowest BCUT2D eigenvalue weighted by Gasteiger charge is -2.12. The SMILES string of the molecule is Cc1ccc(NCC(=O)c2cccc(S(=O)(=O)N(C)C)c2)cc1. The number of carbonyl (C=O) groups excluding carboxylic acids is 1. The lowest BCUT2D eigenvalue weighted by Crippen LogP contribution is -2.22. The Bertz CT molecular complexity index is 797. The monoisotopic (exact) mass is 332 g/mol. The first-order valence-corrected chi connectivity index (χ1v) is 8.61. The number of rotatable bonds is 6. The van der Waals surface area contributed by atoms with Gasteiger partial charge in [-0.05, 0) is 31.2 Å². The molecule has 23 heavy (non-hydrogen) atoms. The van der Waals surface area contributed by atoms with Gasteiger partial charge in [-0.2, -0.15) is 0 Å². The molecule has 2 aromatic carbocycles. The summed E-state index contributed by atoms with van der Waals surface area (Å²) in [6.07, 6.45) is 0. The van der Waals surface area contributed by atoms with E-state index >= 15 is 0 Å². The fourth-order valence-electron chi connectivity index (χ4n) is 2.00. The van der Waals surface area contributed by atoms with Crippen LogP contribution in [0.4, 0.5) is 5.69 Å². The summed E-state index contributed by atoms with van der Waals surface area (Å²) in [7, 11) is -0.622. The first-order valence-electron chi connectivity index (χ1n) is 7.17. The summed E-state index contributed by atoms with van der Waals surface area (Å²) in [5.74, 6) is -0.165. The van der Waals surface area contributed by atoms with Crippen LogP contribution in [0.3, 0.4) is 0 Å². The Balaban J connectivity index is 2.12. The van der Waals surface area contributed by atoms with Gasteiger partial charge in [0.05, 0.1) is 11.4 Å². The number of ketones is 1. The van der Waals surface area contributed by atoms with Gasteiger partial charge >= 0.3 is 0 Å². The number of sulfonamides is 1. The molecule has 2 aromatic rings. The Morgan fingerprint density at radius 1 is 1.09 bits per heavy atom. The molecule has 0 aliphatic carbocycles. The summed E-state index contributed by atoms with van der Waals surface area (Å²) < 4.78 is 25.4. The fourth-order valence-corrected chi connectivity index (χ4v) is 2.94. The molecule has 122 valence electrons. The molecule has 0 bridgehead atoms. The molecule has 0 atom stereocenters. The van der Waals surface area contributed by atoms with Crippen molar-refractivity contribution < 1.29 is 13.2 Å². The Kier molecular flexibility index (Phi) is 5.18. The third-order valence-corrected chi connectivity index (χ3v) is 5.25. The molecule has 0 radical (unpaired) electrons. The fraction of sp³-hybridized carbons (Fsp3) is 0.235. The van der Waals surface area contributed by atoms with Crippen LogP contribution >= 0.6 is 0 Å². The highest BCUT2D eigenvalue weighted by atomic mass is 32.2. The number of nitrogens with zero attached hydrogens (tertiary/aromatic N) is 1. The number of hydrogen-bond acceptors (Lipinski definition) is 4. The molecule has 0 unspecified atom stereocenters. The second-order valence-electron chi connectivity index (χ2n) is 5.46. The summed E-state index contributed by atoms with van der Waals surface area (Å²) in [5.41, 5.74) is 2.36. The zero-order valence-electron chi connectivity index (χ0n) is 13.4. The van der Waals surface area contributed by atoms with Gasteiger partial charge < -0.3 is 5.32 Å². The van der Waals surface area contributed by atoms with Gasteiger partial charge in [-0.3, -0.25) is 4.79 Å². The van der Waals surface area contributed by atoms with Crippen molar-refractivity contribution in [3.8, 4) is 0 Å². The highest BCUT2D eigenvalue weighted by molar-refractivity contribution is 7.89. The molecule has 0 saturated carbocycles. The standard InChI is InChI=1S/C17H20N2O3S/c1-13-7-9-15(10-8-13)18-12-17(20)14-5-4-6-16(11-14)23(21,22)19(2)3/h4-11,18H,12H2,1-3H3. The molecule has 2 rings (SSSR count). The third-order valence-electron chi connectivity index (χ3n) is 3.44. The molecule has 6 heteroatoms. The molecule has 0 aliphatic rings. The molecular weight excluding hydrogens is 312 g/mol. The molecule has 0 aliphatic heterocycles. The smallest absolute Gasteiger partial charge is 0.242 e. The van der Waals surface area contributed by atoms with E-state index < -0.39 is 10.0 Å². The second-order valence-corrected chi connectivity index (χ2v) is 7.61. The average molecular weight is 332 g/mol. The zero-order valence-corrected chi connectivity index (χ0v) is 14.2. The number of aryl methyl sites for hydroxylation is 1. The van der Waals surface area contributed by atoms with Gasteiger partial charge in [0.15, 0.2) is 5.78 Å². The summed E-state index contributed by atoms with van der Waals surface area (Å²) in [6.45, 7) is 2.10. The van der Waals surface area contributed by atoms with E-state index in [-0.39, 0.29) is 17.2 Å². The van der Waals surface area contributed by atoms with E-state index in [0.29, 0.717) is 5.56 Å². The third kappa shape index (κ3) is 4.18. The van der Waals surface area contributed by atoms with Crippen molar-refractivity contribution in [3.05, 3.63) is 59.7 Å². The molecule has 1 N–H and O–H groups in total. The van der Waals surface area contributed by atoms with Crippen LogP contribution in [0, 0.1) is 6.92 Å². The number of nitrogens with one attached hydrogen (secondary N) is 1. The van der Waals surface area contributed by atoms with Gasteiger partial charge in [-0.1, -0.05) is 29.8 Å². The summed E-state index contributed by atoms with van der Waals surface area (Å²) >= 11 is 0. The number of Topliss-reactive ketones (excluding diaryl/α,β-unsaturated/α-hetero) is 1. The van der Waals surface area contributed by atoms with E-state index in [1.165, 1.54) is 26.2 Å². The lowest BCUT2D eigenvalue weighted by molar-refractivity contribution is 0.101. The van der Waals surface area contributed by atoms with Gasteiger partial charge in [-0.25, -0.2) is 12.7 Å². The van der Waals surface area contributed by atoms with Crippen LogP contribution in [0.5, 0.6) is 0 Å². The van der Waals surface area contributed by atoms with E-state index in [9.17, 15) is 13.2 Å². The van der Waals surface area contributed by atoms with Gasteiger partial charge in [0.2, 0.25) is 10.0 Å². The Morgan fingerprint density at radius 2 is 1.74 bits per heavy atom. The van der Waals surface area contributed by atoms with Gasteiger partial charge in [0, 0.05) is 25.3 Å². The molecule has 0 fully saturated rings. The maximum atomic E-state index is 12.3. The predicted octanol–water partition coefficient (Wildman–Crippen LogP) is 2.54. The van der Waals surface area contributed by atoms with Crippen molar-refractivity contribution in [1.29, 1.82) is 0 Å². The van der Waals surface area contributed by atoms with Gasteiger partial charge in [0.25, 0.3) is 0 Å². The van der Waals surface area contributed by atoms with Crippen molar-refractivity contribution in [2.24, 2.45) is 0 Å². The van der Waals surface area contributed by atoms with Crippen molar-refractivity contribution in [2.45, 2.75) is 11.8 Å². The van der Waals surface area contributed by atoms with E-state index in [0.717, 1.165) is 15.6 Å². The first kappa shape index (κ1) is 17.2. The first-order chi connectivity index (χ1) is 10.8. The highest BCUT2D eigenvalue weighted by Gasteiger charge is 2.18. The number of benzene rings is 2. The van der Waals surface area contributed by atoms with Crippen molar-refractivity contribution in [1.82, 2.24) is 4.31 Å². The van der Waals surface area contributed by atoms with Crippen LogP contribution in [-0.2, 0) is 10.0 Å². The van der Waals surface area contributed by atoms with Gasteiger partial charge in [0.1, 0.15) is 0 Å². The molecule has 0 aromatic heterocycles. The quantitative estimate of drug-likeness (QED) is 0.826. The van der Waals surface area contributed by atoms with Crippen LogP contribution in [0.2, 0.25) is 0 Å². The summed E-state index contributed by atoms with van der Waals surface area (Å²) in [5, 5.41) is 3.04. The van der Waals surface area contributed by atoms with Gasteiger partial charge in [-0.15, -0.1) is 0 Å². The maximum Gasteiger partial charge on any atom is 0.242 e. The van der Waals surface area contributed by atoms with Crippen molar-refractivity contribution in [2.75, 3.05) is 26.0 Å². The van der Waals surface area contributed by atoms with Crippen molar-refractivity contribution >= 4 is 21.5 Å². The maximum absolute atomic E-state index is 12.3. The molecule has 0 amide bonds. The minimum atomic E-state index is -3.54. The minimum absolute atomic E-state index is 0.106. The average Bonchev–Trinajstić information content (AvgIpc) is 2.54. The predicted molar refractivity (Wildman–Crippen MR) is 91.3 cm³/mol. The Morgan fingerprint density at radius 3 is 2.35 bits per heavy atom. The van der Waals surface area contributed by atoms with Crippen LogP contribution in [-0.4, -0.2) is 39.1 Å². The second kappa shape index (κ2) is 6.93. The normalized spacial score (nSPS) is 11.5. The minimum Gasteiger partial charge on any atom is -0.378 e. The molecule has 0 spiro atoms. The Labute approximate surface area is 137 Å². The summed E-state index contributed by atoms with van der Waals surface area (Å²) in [6, 6.07) is 13.8. The summed E-state index contributed by atoms with van der Waals surface area (Å²) in [4.78, 5) is 12.4. The topological polar surface area (TPSA) is 66.5 Å². The van der Waals surface area contributed by atoms with Crippen LogP contribution in [0.1, 0.15) is 15.9 Å². The van der Waals surface area contributed by atoms with E-state index in [1.807, 2.05) is 31.2 Å². The number of carbonyl (C=O) groups is 1. The van der Waals surface area contributed by atoms with E-state index in [4.69, 9.17) is 0 Å².